The van der Waals surface area contributed by atoms with E-state index >= 15 is 0 Å². The molecule has 0 fully saturated rings. The van der Waals surface area contributed by atoms with Crippen molar-refractivity contribution in [1.82, 2.24) is 4.57 Å². The van der Waals surface area contributed by atoms with Crippen LogP contribution in [-0.2, 0) is 4.74 Å². The molecule has 1 heterocycles. The van der Waals surface area contributed by atoms with Crippen LogP contribution >= 0.6 is 11.8 Å². The van der Waals surface area contributed by atoms with E-state index in [2.05, 4.69) is 0 Å². The number of hydrogen-bond donors (Lipinski definition) is 0. The maximum absolute atomic E-state index is 13.0. The van der Waals surface area contributed by atoms with Crippen LogP contribution in [0.2, 0.25) is 0 Å². The number of ether oxygens (including phenoxy) is 1. The lowest BCUT2D eigenvalue weighted by molar-refractivity contribution is 0.0523. The van der Waals surface area contributed by atoms with E-state index < -0.39 is 11.5 Å². The first-order chi connectivity index (χ1) is 10.1. The topological polar surface area (TPSA) is 48.3 Å². The predicted octanol–water partition coefficient (Wildman–Crippen LogP) is 2.88. The van der Waals surface area contributed by atoms with Crippen molar-refractivity contribution in [2.75, 3.05) is 12.9 Å². The number of halogens is 1. The van der Waals surface area contributed by atoms with E-state index in [0.29, 0.717) is 10.7 Å². The highest BCUT2D eigenvalue weighted by molar-refractivity contribution is 7.98. The molecule has 0 saturated heterocycles. The molecule has 0 N–H and O–H groups in total. The Morgan fingerprint density at radius 2 is 1.90 bits per heavy atom. The Labute approximate surface area is 125 Å². The predicted molar refractivity (Wildman–Crippen MR) is 79.7 cm³/mol. The molecular weight excluding hydrogens is 293 g/mol. The molecule has 1 aromatic heterocycles. The van der Waals surface area contributed by atoms with Crippen molar-refractivity contribution in [2.45, 2.75) is 11.9 Å². The fourth-order valence-corrected chi connectivity index (χ4v) is 2.45. The fourth-order valence-electron chi connectivity index (χ4n) is 1.88. The van der Waals surface area contributed by atoms with E-state index in [1.807, 2.05) is 6.26 Å². The summed E-state index contributed by atoms with van der Waals surface area (Å²) in [5.41, 5.74) is -0.0252. The minimum Gasteiger partial charge on any atom is -0.462 e. The van der Waals surface area contributed by atoms with Crippen LogP contribution in [0.25, 0.3) is 5.69 Å². The molecule has 0 aliphatic carbocycles. The summed E-state index contributed by atoms with van der Waals surface area (Å²) in [6.45, 7) is 1.87. The third-order valence-corrected chi connectivity index (χ3v) is 3.57. The zero-order chi connectivity index (χ0) is 15.4. The summed E-state index contributed by atoms with van der Waals surface area (Å²) in [7, 11) is 0. The Morgan fingerprint density at radius 3 is 2.48 bits per heavy atom. The molecule has 0 aliphatic rings. The summed E-state index contributed by atoms with van der Waals surface area (Å²) in [5, 5.41) is 0.652. The Hall–Kier alpha value is -2.08. The van der Waals surface area contributed by atoms with Crippen LogP contribution < -0.4 is 5.56 Å². The van der Waals surface area contributed by atoms with Crippen LogP contribution in [0, 0.1) is 5.82 Å². The van der Waals surface area contributed by atoms with E-state index in [1.165, 1.54) is 46.7 Å². The lowest BCUT2D eigenvalue weighted by Gasteiger charge is -2.12. The number of pyridine rings is 1. The number of thioether (sulfide) groups is 1. The van der Waals surface area contributed by atoms with Gasteiger partial charge in [-0.1, -0.05) is 0 Å². The van der Waals surface area contributed by atoms with Crippen LogP contribution in [0.4, 0.5) is 4.39 Å². The van der Waals surface area contributed by atoms with Gasteiger partial charge in [0.15, 0.2) is 0 Å². The van der Waals surface area contributed by atoms with Crippen LogP contribution in [0.1, 0.15) is 17.3 Å². The number of aromatic nitrogens is 1. The van der Waals surface area contributed by atoms with Crippen molar-refractivity contribution in [3.63, 3.8) is 0 Å². The fraction of sp³-hybridized carbons (Fsp3) is 0.200. The smallest absolute Gasteiger partial charge is 0.343 e. The zero-order valence-electron chi connectivity index (χ0n) is 11.6. The molecule has 0 radical (unpaired) electrons. The molecule has 1 aromatic carbocycles. The van der Waals surface area contributed by atoms with E-state index in [-0.39, 0.29) is 18.0 Å². The molecule has 110 valence electrons. The maximum atomic E-state index is 13.0. The first kappa shape index (κ1) is 15.3. The summed E-state index contributed by atoms with van der Waals surface area (Å²) in [6, 6.07) is 8.64. The zero-order valence-corrected chi connectivity index (χ0v) is 12.4. The van der Waals surface area contributed by atoms with Crippen LogP contribution in [-0.4, -0.2) is 23.4 Å². The van der Waals surface area contributed by atoms with Crippen molar-refractivity contribution in [1.29, 1.82) is 0 Å². The standard InChI is InChI=1S/C15H14FNO3S/c1-3-20-15(19)12-8-9-13(21-2)17(14(12)18)11-6-4-10(16)5-7-11/h4-9H,3H2,1-2H3. The number of benzene rings is 1. The minimum absolute atomic E-state index is 0.0426. The molecule has 0 bridgehead atoms. The molecule has 0 spiro atoms. The number of hydrogen-bond acceptors (Lipinski definition) is 4. The van der Waals surface area contributed by atoms with Gasteiger partial charge >= 0.3 is 5.97 Å². The average molecular weight is 307 g/mol. The quantitative estimate of drug-likeness (QED) is 0.644. The Kier molecular flexibility index (Phi) is 4.80. The molecule has 2 rings (SSSR count). The molecule has 0 amide bonds. The molecule has 2 aromatic rings. The largest absolute Gasteiger partial charge is 0.462 e. The highest BCUT2D eigenvalue weighted by Gasteiger charge is 2.16. The second-order valence-electron chi connectivity index (χ2n) is 4.13. The van der Waals surface area contributed by atoms with Gasteiger partial charge < -0.3 is 4.74 Å². The summed E-state index contributed by atoms with van der Waals surface area (Å²) < 4.78 is 19.3. The van der Waals surface area contributed by atoms with Gasteiger partial charge in [0.05, 0.1) is 11.6 Å². The van der Waals surface area contributed by atoms with E-state index in [4.69, 9.17) is 4.74 Å². The lowest BCUT2D eigenvalue weighted by Crippen LogP contribution is -2.27. The second-order valence-corrected chi connectivity index (χ2v) is 4.95. The van der Waals surface area contributed by atoms with Gasteiger partial charge in [0.25, 0.3) is 5.56 Å². The van der Waals surface area contributed by atoms with E-state index in [1.54, 1.807) is 13.0 Å². The Bertz CT molecular complexity index is 710. The van der Waals surface area contributed by atoms with Crippen molar-refractivity contribution < 1.29 is 13.9 Å². The summed E-state index contributed by atoms with van der Waals surface area (Å²) >= 11 is 1.36. The van der Waals surface area contributed by atoms with E-state index in [0.717, 1.165) is 0 Å². The first-order valence-corrected chi connectivity index (χ1v) is 7.54. The average Bonchev–Trinajstić information content (AvgIpc) is 2.48. The molecule has 6 heteroatoms. The van der Waals surface area contributed by atoms with Crippen molar-refractivity contribution in [3.05, 3.63) is 58.1 Å². The second kappa shape index (κ2) is 6.58. The number of carbonyl (C=O) groups excluding carboxylic acids is 1. The van der Waals surface area contributed by atoms with Gasteiger partial charge in [0.1, 0.15) is 11.4 Å². The van der Waals surface area contributed by atoms with E-state index in [9.17, 15) is 14.0 Å². The monoisotopic (exact) mass is 307 g/mol. The van der Waals surface area contributed by atoms with Crippen LogP contribution in [0.15, 0.2) is 46.2 Å². The normalized spacial score (nSPS) is 10.4. The Balaban J connectivity index is 2.62. The molecule has 21 heavy (non-hydrogen) atoms. The maximum Gasteiger partial charge on any atom is 0.343 e. The molecule has 4 nitrogen and oxygen atoms in total. The van der Waals surface area contributed by atoms with Gasteiger partial charge in [0.2, 0.25) is 0 Å². The summed E-state index contributed by atoms with van der Waals surface area (Å²) in [6.07, 6.45) is 1.82. The molecule has 0 atom stereocenters. The number of nitrogens with zero attached hydrogens (tertiary/aromatic N) is 1. The number of esters is 1. The Morgan fingerprint density at radius 1 is 1.24 bits per heavy atom. The van der Waals surface area contributed by atoms with Gasteiger partial charge in [-0.2, -0.15) is 0 Å². The molecule has 0 unspecified atom stereocenters. The lowest BCUT2D eigenvalue weighted by atomic mass is 10.2. The number of rotatable bonds is 4. The van der Waals surface area contributed by atoms with Crippen molar-refractivity contribution in [3.8, 4) is 5.69 Å². The van der Waals surface area contributed by atoms with Gasteiger partial charge in [-0.3, -0.25) is 9.36 Å². The highest BCUT2D eigenvalue weighted by Crippen LogP contribution is 2.18. The molecular formula is C15H14FNO3S. The SMILES string of the molecule is CCOC(=O)c1ccc(SC)n(-c2ccc(F)cc2)c1=O. The third-order valence-electron chi connectivity index (χ3n) is 2.84. The van der Waals surface area contributed by atoms with Gasteiger partial charge in [-0.05, 0) is 49.6 Å². The number of carbonyl (C=O) groups is 1. The summed E-state index contributed by atoms with van der Waals surface area (Å²) in [5.74, 6) is -1.05. The summed E-state index contributed by atoms with van der Waals surface area (Å²) in [4.78, 5) is 24.3. The van der Waals surface area contributed by atoms with Gasteiger partial charge in [0, 0.05) is 5.69 Å². The molecule has 0 aliphatic heterocycles. The molecule has 0 saturated carbocycles. The van der Waals surface area contributed by atoms with Crippen LogP contribution in [0.5, 0.6) is 0 Å². The van der Waals surface area contributed by atoms with Gasteiger partial charge in [-0.25, -0.2) is 9.18 Å². The van der Waals surface area contributed by atoms with Crippen molar-refractivity contribution in [2.24, 2.45) is 0 Å². The van der Waals surface area contributed by atoms with Crippen LogP contribution in [0.3, 0.4) is 0 Å². The highest BCUT2D eigenvalue weighted by atomic mass is 32.2. The van der Waals surface area contributed by atoms with Crippen molar-refractivity contribution >= 4 is 17.7 Å². The third kappa shape index (κ3) is 3.16. The van der Waals surface area contributed by atoms with Gasteiger partial charge in [-0.15, -0.1) is 11.8 Å². The minimum atomic E-state index is -0.661. The first-order valence-electron chi connectivity index (χ1n) is 6.31.